The van der Waals surface area contributed by atoms with Crippen LogP contribution in [0.5, 0.6) is 0 Å². The van der Waals surface area contributed by atoms with Crippen molar-refractivity contribution in [1.29, 1.82) is 0 Å². The van der Waals surface area contributed by atoms with Gasteiger partial charge in [0.2, 0.25) is 0 Å². The smallest absolute Gasteiger partial charge is 0.00225 e. The summed E-state index contributed by atoms with van der Waals surface area (Å²) in [6, 6.07) is 15.4. The Labute approximate surface area is 109 Å². The SMILES string of the molecule is CC(N)CCNCCc1cccc2ccccc12. The first-order chi connectivity index (χ1) is 8.77. The van der Waals surface area contributed by atoms with Crippen LogP contribution in [0.1, 0.15) is 18.9 Å². The molecule has 2 heteroatoms. The Bertz CT molecular complexity index is 486. The highest BCUT2D eigenvalue weighted by Crippen LogP contribution is 2.18. The van der Waals surface area contributed by atoms with Crippen LogP contribution in [0.4, 0.5) is 0 Å². The molecular weight excluding hydrogens is 220 g/mol. The fraction of sp³-hybridized carbons (Fsp3) is 0.375. The zero-order valence-electron chi connectivity index (χ0n) is 11.0. The van der Waals surface area contributed by atoms with Gasteiger partial charge in [-0.2, -0.15) is 0 Å². The van der Waals surface area contributed by atoms with E-state index < -0.39 is 0 Å². The molecule has 0 saturated carbocycles. The predicted molar refractivity (Wildman–Crippen MR) is 78.8 cm³/mol. The van der Waals surface area contributed by atoms with E-state index in [9.17, 15) is 0 Å². The van der Waals surface area contributed by atoms with Crippen molar-refractivity contribution in [3.05, 3.63) is 48.0 Å². The number of hydrogen-bond donors (Lipinski definition) is 2. The van der Waals surface area contributed by atoms with E-state index in [0.29, 0.717) is 0 Å². The molecule has 2 rings (SSSR count). The number of benzene rings is 2. The molecule has 0 fully saturated rings. The third-order valence-corrected chi connectivity index (χ3v) is 3.23. The Morgan fingerprint density at radius 2 is 1.83 bits per heavy atom. The minimum atomic E-state index is 0.287. The number of nitrogens with one attached hydrogen (secondary N) is 1. The summed E-state index contributed by atoms with van der Waals surface area (Å²) in [6.07, 6.45) is 2.11. The van der Waals surface area contributed by atoms with Crippen molar-refractivity contribution >= 4 is 10.8 Å². The third-order valence-electron chi connectivity index (χ3n) is 3.23. The zero-order valence-corrected chi connectivity index (χ0v) is 11.0. The van der Waals surface area contributed by atoms with Crippen molar-refractivity contribution in [2.45, 2.75) is 25.8 Å². The molecule has 0 radical (unpaired) electrons. The summed E-state index contributed by atoms with van der Waals surface area (Å²) in [5, 5.41) is 6.14. The molecule has 18 heavy (non-hydrogen) atoms. The lowest BCUT2D eigenvalue weighted by atomic mass is 10.0. The first kappa shape index (κ1) is 13.1. The maximum absolute atomic E-state index is 5.72. The molecule has 0 saturated heterocycles. The molecule has 0 aromatic heterocycles. The lowest BCUT2D eigenvalue weighted by molar-refractivity contribution is 0.590. The molecule has 96 valence electrons. The van der Waals surface area contributed by atoms with Crippen molar-refractivity contribution in [3.8, 4) is 0 Å². The van der Waals surface area contributed by atoms with E-state index in [1.165, 1.54) is 16.3 Å². The molecule has 1 unspecified atom stereocenters. The Morgan fingerprint density at radius 1 is 1.06 bits per heavy atom. The van der Waals surface area contributed by atoms with E-state index in [1.807, 2.05) is 6.92 Å². The van der Waals surface area contributed by atoms with Crippen LogP contribution in [0.15, 0.2) is 42.5 Å². The van der Waals surface area contributed by atoms with E-state index >= 15 is 0 Å². The van der Waals surface area contributed by atoms with Crippen LogP contribution in [-0.4, -0.2) is 19.1 Å². The van der Waals surface area contributed by atoms with Crippen LogP contribution < -0.4 is 11.1 Å². The van der Waals surface area contributed by atoms with Gasteiger partial charge in [-0.05, 0) is 49.2 Å². The molecule has 0 amide bonds. The van der Waals surface area contributed by atoms with Crippen molar-refractivity contribution in [3.63, 3.8) is 0 Å². The van der Waals surface area contributed by atoms with Gasteiger partial charge in [0.1, 0.15) is 0 Å². The Hall–Kier alpha value is -1.38. The van der Waals surface area contributed by atoms with Crippen LogP contribution in [0.2, 0.25) is 0 Å². The summed E-state index contributed by atoms with van der Waals surface area (Å²) in [4.78, 5) is 0. The molecule has 3 N–H and O–H groups in total. The summed E-state index contributed by atoms with van der Waals surface area (Å²) in [5.41, 5.74) is 7.14. The van der Waals surface area contributed by atoms with Crippen molar-refractivity contribution in [2.24, 2.45) is 5.73 Å². The molecule has 2 aromatic carbocycles. The van der Waals surface area contributed by atoms with Crippen LogP contribution >= 0.6 is 0 Å². The fourth-order valence-electron chi connectivity index (χ4n) is 2.19. The van der Waals surface area contributed by atoms with Gasteiger partial charge < -0.3 is 11.1 Å². The molecule has 0 aliphatic rings. The normalized spacial score (nSPS) is 12.8. The summed E-state index contributed by atoms with van der Waals surface area (Å²) in [7, 11) is 0. The van der Waals surface area contributed by atoms with Gasteiger partial charge in [-0.3, -0.25) is 0 Å². The molecule has 0 bridgehead atoms. The highest BCUT2D eigenvalue weighted by atomic mass is 14.8. The van der Waals surface area contributed by atoms with Gasteiger partial charge in [0.05, 0.1) is 0 Å². The summed E-state index contributed by atoms with van der Waals surface area (Å²) in [5.74, 6) is 0. The average Bonchev–Trinajstić information content (AvgIpc) is 2.38. The third kappa shape index (κ3) is 3.56. The average molecular weight is 242 g/mol. The van der Waals surface area contributed by atoms with Gasteiger partial charge in [0, 0.05) is 6.04 Å². The highest BCUT2D eigenvalue weighted by Gasteiger charge is 2.00. The Kier molecular flexibility index (Phi) is 4.73. The second-order valence-corrected chi connectivity index (χ2v) is 4.90. The van der Waals surface area contributed by atoms with Crippen LogP contribution in [0, 0.1) is 0 Å². The number of rotatable bonds is 6. The molecule has 2 nitrogen and oxygen atoms in total. The van der Waals surface area contributed by atoms with Gasteiger partial charge in [-0.15, -0.1) is 0 Å². The van der Waals surface area contributed by atoms with Crippen molar-refractivity contribution in [2.75, 3.05) is 13.1 Å². The Balaban J connectivity index is 1.91. The molecule has 0 aliphatic heterocycles. The molecule has 0 aliphatic carbocycles. The zero-order chi connectivity index (χ0) is 12.8. The maximum atomic E-state index is 5.72. The molecule has 0 heterocycles. The fourth-order valence-corrected chi connectivity index (χ4v) is 2.19. The van der Waals surface area contributed by atoms with E-state index in [4.69, 9.17) is 5.73 Å². The minimum Gasteiger partial charge on any atom is -0.328 e. The van der Waals surface area contributed by atoms with Gasteiger partial charge in [0.15, 0.2) is 0 Å². The van der Waals surface area contributed by atoms with E-state index in [0.717, 1.165) is 25.9 Å². The molecule has 0 spiro atoms. The lowest BCUT2D eigenvalue weighted by Crippen LogP contribution is -2.25. The quantitative estimate of drug-likeness (QED) is 0.764. The van der Waals surface area contributed by atoms with Crippen LogP contribution in [0.25, 0.3) is 10.8 Å². The van der Waals surface area contributed by atoms with Gasteiger partial charge in [0.25, 0.3) is 0 Å². The minimum absolute atomic E-state index is 0.287. The lowest BCUT2D eigenvalue weighted by Gasteiger charge is -2.09. The standard InChI is InChI=1S/C16H22N2/c1-13(17)9-11-18-12-10-15-7-4-6-14-5-2-3-8-16(14)15/h2-8,13,18H,9-12,17H2,1H3. The summed E-state index contributed by atoms with van der Waals surface area (Å²) in [6.45, 7) is 4.07. The van der Waals surface area contributed by atoms with Crippen LogP contribution in [0.3, 0.4) is 0 Å². The van der Waals surface area contributed by atoms with E-state index in [2.05, 4.69) is 47.8 Å². The second-order valence-electron chi connectivity index (χ2n) is 4.90. The van der Waals surface area contributed by atoms with Crippen molar-refractivity contribution in [1.82, 2.24) is 5.32 Å². The summed E-state index contributed by atoms with van der Waals surface area (Å²) >= 11 is 0. The largest absolute Gasteiger partial charge is 0.328 e. The highest BCUT2D eigenvalue weighted by molar-refractivity contribution is 5.85. The van der Waals surface area contributed by atoms with E-state index in [1.54, 1.807) is 0 Å². The second kappa shape index (κ2) is 6.53. The van der Waals surface area contributed by atoms with Crippen molar-refractivity contribution < 1.29 is 0 Å². The number of nitrogens with two attached hydrogens (primary N) is 1. The summed E-state index contributed by atoms with van der Waals surface area (Å²) < 4.78 is 0. The number of fused-ring (bicyclic) bond motifs is 1. The van der Waals surface area contributed by atoms with Crippen LogP contribution in [-0.2, 0) is 6.42 Å². The van der Waals surface area contributed by atoms with E-state index in [-0.39, 0.29) is 6.04 Å². The topological polar surface area (TPSA) is 38.0 Å². The molecule has 2 aromatic rings. The predicted octanol–water partition coefficient (Wildman–Crippen LogP) is 2.71. The van der Waals surface area contributed by atoms with Gasteiger partial charge in [-0.1, -0.05) is 42.5 Å². The first-order valence-electron chi connectivity index (χ1n) is 6.70. The first-order valence-corrected chi connectivity index (χ1v) is 6.70. The van der Waals surface area contributed by atoms with Gasteiger partial charge >= 0.3 is 0 Å². The monoisotopic (exact) mass is 242 g/mol. The Morgan fingerprint density at radius 3 is 2.67 bits per heavy atom. The maximum Gasteiger partial charge on any atom is 0.00225 e. The number of hydrogen-bond acceptors (Lipinski definition) is 2. The molecular formula is C16H22N2. The van der Waals surface area contributed by atoms with Gasteiger partial charge in [-0.25, -0.2) is 0 Å². The molecule has 1 atom stereocenters.